The molecule has 0 unspecified atom stereocenters. The van der Waals surface area contributed by atoms with Crippen LogP contribution in [0.2, 0.25) is 0 Å². The third-order valence-electron chi connectivity index (χ3n) is 3.27. The fourth-order valence-electron chi connectivity index (χ4n) is 2.03. The molecule has 7 nitrogen and oxygen atoms in total. The first-order chi connectivity index (χ1) is 11.2. The summed E-state index contributed by atoms with van der Waals surface area (Å²) in [5, 5.41) is 10.5. The van der Waals surface area contributed by atoms with E-state index in [1.54, 1.807) is 0 Å². The number of nitrogens with zero attached hydrogens (tertiary/aromatic N) is 4. The molecule has 2 aromatic rings. The molecule has 0 aliphatic rings. The van der Waals surface area contributed by atoms with Gasteiger partial charge in [0.15, 0.2) is 11.8 Å². The zero-order chi connectivity index (χ0) is 16.5. The van der Waals surface area contributed by atoms with E-state index in [4.69, 9.17) is 4.52 Å². The molecule has 8 heteroatoms. The summed E-state index contributed by atoms with van der Waals surface area (Å²) in [5.74, 6) is 2.48. The van der Waals surface area contributed by atoms with E-state index in [9.17, 15) is 0 Å². The van der Waals surface area contributed by atoms with Crippen LogP contribution in [-0.4, -0.2) is 40.3 Å². The van der Waals surface area contributed by atoms with Gasteiger partial charge in [-0.15, -0.1) is 24.0 Å². The SMILES string of the molecule is CCNC(=NCCc1nc(C(C)C)no1)NCCn1cccc1.I. The van der Waals surface area contributed by atoms with Crippen molar-refractivity contribution in [3.63, 3.8) is 0 Å². The predicted molar refractivity (Wildman–Crippen MR) is 106 cm³/mol. The molecule has 24 heavy (non-hydrogen) atoms. The Balaban J connectivity index is 0.00000288. The van der Waals surface area contributed by atoms with E-state index < -0.39 is 0 Å². The molecule has 2 N–H and O–H groups in total. The number of guanidine groups is 1. The molecular formula is C16H27IN6O. The minimum atomic E-state index is 0. The molecule has 2 aromatic heterocycles. The van der Waals surface area contributed by atoms with E-state index >= 15 is 0 Å². The Morgan fingerprint density at radius 3 is 2.67 bits per heavy atom. The van der Waals surface area contributed by atoms with Crippen molar-refractivity contribution in [3.8, 4) is 0 Å². The molecule has 0 aromatic carbocycles. The largest absolute Gasteiger partial charge is 0.357 e. The van der Waals surface area contributed by atoms with E-state index in [0.29, 0.717) is 18.9 Å². The fourth-order valence-corrected chi connectivity index (χ4v) is 2.03. The van der Waals surface area contributed by atoms with Crippen molar-refractivity contribution in [1.29, 1.82) is 0 Å². The number of nitrogens with one attached hydrogen (secondary N) is 2. The Bertz CT molecular complexity index is 593. The molecule has 0 aliphatic carbocycles. The van der Waals surface area contributed by atoms with Crippen LogP contribution in [0.1, 0.15) is 38.4 Å². The van der Waals surface area contributed by atoms with Crippen molar-refractivity contribution in [3.05, 3.63) is 36.2 Å². The van der Waals surface area contributed by atoms with E-state index in [0.717, 1.165) is 31.4 Å². The standard InChI is InChI=1S/C16H26N6O.HI/c1-4-17-16(19-9-12-22-10-5-6-11-22)18-8-7-14-20-15(13(2)3)21-23-14;/h5-6,10-11,13H,4,7-9,12H2,1-3H3,(H2,17,18,19);1H. The summed E-state index contributed by atoms with van der Waals surface area (Å²) < 4.78 is 7.35. The maximum atomic E-state index is 5.22. The van der Waals surface area contributed by atoms with Gasteiger partial charge in [0.05, 0.1) is 6.54 Å². The highest BCUT2D eigenvalue weighted by Gasteiger charge is 2.09. The van der Waals surface area contributed by atoms with Crippen molar-refractivity contribution in [2.24, 2.45) is 4.99 Å². The summed E-state index contributed by atoms with van der Waals surface area (Å²) in [4.78, 5) is 8.90. The maximum absolute atomic E-state index is 5.22. The van der Waals surface area contributed by atoms with Gasteiger partial charge in [0.1, 0.15) is 0 Å². The van der Waals surface area contributed by atoms with Crippen molar-refractivity contribution >= 4 is 29.9 Å². The minimum Gasteiger partial charge on any atom is -0.357 e. The smallest absolute Gasteiger partial charge is 0.228 e. The molecule has 0 radical (unpaired) electrons. The number of aliphatic imine (C=N–C) groups is 1. The Morgan fingerprint density at radius 1 is 1.29 bits per heavy atom. The molecule has 0 bridgehead atoms. The Morgan fingerprint density at radius 2 is 2.04 bits per heavy atom. The van der Waals surface area contributed by atoms with Gasteiger partial charge in [0.2, 0.25) is 5.89 Å². The first-order valence-corrected chi connectivity index (χ1v) is 8.14. The highest BCUT2D eigenvalue weighted by Crippen LogP contribution is 2.09. The highest BCUT2D eigenvalue weighted by atomic mass is 127. The van der Waals surface area contributed by atoms with Gasteiger partial charge in [0, 0.05) is 44.4 Å². The van der Waals surface area contributed by atoms with Gasteiger partial charge in [0.25, 0.3) is 0 Å². The van der Waals surface area contributed by atoms with Crippen LogP contribution in [0, 0.1) is 0 Å². The number of halogens is 1. The lowest BCUT2D eigenvalue weighted by molar-refractivity contribution is 0.372. The summed E-state index contributed by atoms with van der Waals surface area (Å²) in [6.07, 6.45) is 4.75. The minimum absolute atomic E-state index is 0. The van der Waals surface area contributed by atoms with Gasteiger partial charge in [-0.25, -0.2) is 0 Å². The van der Waals surface area contributed by atoms with E-state index in [-0.39, 0.29) is 29.9 Å². The summed E-state index contributed by atoms with van der Waals surface area (Å²) >= 11 is 0. The Labute approximate surface area is 160 Å². The van der Waals surface area contributed by atoms with E-state index in [2.05, 4.69) is 37.3 Å². The Kier molecular flexibility index (Phi) is 9.43. The third kappa shape index (κ3) is 6.90. The first-order valence-electron chi connectivity index (χ1n) is 8.14. The number of aromatic nitrogens is 3. The van der Waals surface area contributed by atoms with Crippen LogP contribution in [0.25, 0.3) is 0 Å². The van der Waals surface area contributed by atoms with Crippen LogP contribution < -0.4 is 10.6 Å². The molecule has 0 saturated heterocycles. The average Bonchev–Trinajstić information content (AvgIpc) is 3.18. The highest BCUT2D eigenvalue weighted by molar-refractivity contribution is 14.0. The third-order valence-corrected chi connectivity index (χ3v) is 3.27. The van der Waals surface area contributed by atoms with Gasteiger partial charge in [-0.1, -0.05) is 19.0 Å². The fraction of sp³-hybridized carbons (Fsp3) is 0.562. The lowest BCUT2D eigenvalue weighted by atomic mass is 10.2. The second-order valence-electron chi connectivity index (χ2n) is 5.56. The topological polar surface area (TPSA) is 80.3 Å². The molecule has 2 rings (SSSR count). The van der Waals surface area contributed by atoms with Crippen molar-refractivity contribution in [1.82, 2.24) is 25.3 Å². The quantitative estimate of drug-likeness (QED) is 0.370. The van der Waals surface area contributed by atoms with Gasteiger partial charge in [-0.3, -0.25) is 4.99 Å². The van der Waals surface area contributed by atoms with Crippen LogP contribution in [0.15, 0.2) is 34.0 Å². The van der Waals surface area contributed by atoms with Crippen LogP contribution >= 0.6 is 24.0 Å². The lowest BCUT2D eigenvalue weighted by Gasteiger charge is -2.11. The number of rotatable bonds is 8. The Hall–Kier alpha value is -1.58. The lowest BCUT2D eigenvalue weighted by Crippen LogP contribution is -2.39. The second kappa shape index (κ2) is 11.1. The zero-order valence-corrected chi connectivity index (χ0v) is 16.9. The molecule has 0 aliphatic heterocycles. The molecule has 0 amide bonds. The predicted octanol–water partition coefficient (Wildman–Crippen LogP) is 2.41. The number of hydrogen-bond acceptors (Lipinski definition) is 4. The van der Waals surface area contributed by atoms with Crippen LogP contribution in [0.3, 0.4) is 0 Å². The van der Waals surface area contributed by atoms with Gasteiger partial charge in [-0.05, 0) is 19.1 Å². The van der Waals surface area contributed by atoms with Gasteiger partial charge >= 0.3 is 0 Å². The molecule has 0 spiro atoms. The maximum Gasteiger partial charge on any atom is 0.228 e. The van der Waals surface area contributed by atoms with E-state index in [1.165, 1.54) is 0 Å². The molecule has 2 heterocycles. The molecular weight excluding hydrogens is 419 g/mol. The number of hydrogen-bond donors (Lipinski definition) is 2. The second-order valence-corrected chi connectivity index (χ2v) is 5.56. The summed E-state index contributed by atoms with van der Waals surface area (Å²) in [5.41, 5.74) is 0. The average molecular weight is 446 g/mol. The van der Waals surface area contributed by atoms with Crippen LogP contribution in [-0.2, 0) is 13.0 Å². The normalized spacial score (nSPS) is 11.4. The molecule has 0 atom stereocenters. The molecule has 134 valence electrons. The summed E-state index contributed by atoms with van der Waals surface area (Å²) in [6.45, 7) is 9.30. The van der Waals surface area contributed by atoms with E-state index in [1.807, 2.05) is 38.4 Å². The zero-order valence-electron chi connectivity index (χ0n) is 14.5. The monoisotopic (exact) mass is 446 g/mol. The van der Waals surface area contributed by atoms with Crippen LogP contribution in [0.4, 0.5) is 0 Å². The van der Waals surface area contributed by atoms with Crippen molar-refractivity contribution in [2.75, 3.05) is 19.6 Å². The van der Waals surface area contributed by atoms with Crippen molar-refractivity contribution in [2.45, 2.75) is 39.7 Å². The van der Waals surface area contributed by atoms with Crippen molar-refractivity contribution < 1.29 is 4.52 Å². The van der Waals surface area contributed by atoms with Gasteiger partial charge < -0.3 is 19.7 Å². The first kappa shape index (κ1) is 20.5. The van der Waals surface area contributed by atoms with Gasteiger partial charge in [-0.2, -0.15) is 4.98 Å². The summed E-state index contributed by atoms with van der Waals surface area (Å²) in [7, 11) is 0. The van der Waals surface area contributed by atoms with Crippen LogP contribution in [0.5, 0.6) is 0 Å². The summed E-state index contributed by atoms with van der Waals surface area (Å²) in [6, 6.07) is 4.05. The molecule has 0 fully saturated rings. The molecule has 0 saturated carbocycles.